The first-order valence-electron chi connectivity index (χ1n) is 9.32. The van der Waals surface area contributed by atoms with Crippen LogP contribution in [0.15, 0.2) is 4.99 Å². The molecule has 1 saturated heterocycles. The van der Waals surface area contributed by atoms with Gasteiger partial charge in [0.05, 0.1) is 0 Å². The summed E-state index contributed by atoms with van der Waals surface area (Å²) in [7, 11) is 4.10. The first-order valence-corrected chi connectivity index (χ1v) is 9.32. The molecule has 1 rings (SSSR count). The first-order chi connectivity index (χ1) is 10.7. The van der Waals surface area contributed by atoms with Gasteiger partial charge in [-0.2, -0.15) is 0 Å². The van der Waals surface area contributed by atoms with Crippen molar-refractivity contribution in [2.45, 2.75) is 58.8 Å². The number of piperidine rings is 1. The minimum Gasteiger partial charge on any atom is -0.356 e. The van der Waals surface area contributed by atoms with E-state index in [1.54, 1.807) is 0 Å². The van der Waals surface area contributed by atoms with E-state index in [2.05, 4.69) is 41.4 Å². The van der Waals surface area contributed by atoms with Gasteiger partial charge in [-0.15, -0.1) is 24.0 Å². The van der Waals surface area contributed by atoms with E-state index in [-0.39, 0.29) is 24.0 Å². The van der Waals surface area contributed by atoms with Crippen molar-refractivity contribution < 1.29 is 0 Å². The molecule has 0 aliphatic carbocycles. The summed E-state index contributed by atoms with van der Waals surface area (Å²) in [4.78, 5) is 6.79. The van der Waals surface area contributed by atoms with Crippen molar-refractivity contribution in [3.8, 4) is 0 Å². The van der Waals surface area contributed by atoms with Crippen LogP contribution in [-0.4, -0.2) is 51.1 Å². The molecule has 2 N–H and O–H groups in total. The number of hydrogen-bond donors (Lipinski definition) is 2. The molecular weight excluding hydrogens is 399 g/mol. The Kier molecular flexibility index (Phi) is 14.3. The molecule has 1 aliphatic rings. The summed E-state index contributed by atoms with van der Waals surface area (Å²) in [5.74, 6) is 2.63. The van der Waals surface area contributed by atoms with Gasteiger partial charge in [0.15, 0.2) is 5.96 Å². The maximum Gasteiger partial charge on any atom is 0.190 e. The first kappa shape index (κ1) is 23.0. The maximum absolute atomic E-state index is 4.36. The van der Waals surface area contributed by atoms with Gasteiger partial charge in [0.25, 0.3) is 0 Å². The molecule has 0 aromatic carbocycles. The zero-order valence-corrected chi connectivity index (χ0v) is 18.1. The van der Waals surface area contributed by atoms with E-state index in [0.717, 1.165) is 30.9 Å². The molecule has 0 spiro atoms. The third kappa shape index (κ3) is 10.4. The highest BCUT2D eigenvalue weighted by molar-refractivity contribution is 14.0. The summed E-state index contributed by atoms with van der Waals surface area (Å²) in [6.07, 6.45) is 9.16. The summed E-state index contributed by atoms with van der Waals surface area (Å²) in [6.45, 7) is 9.16. The molecule has 0 radical (unpaired) electrons. The molecule has 0 amide bonds. The van der Waals surface area contributed by atoms with Crippen LogP contribution in [0.1, 0.15) is 58.8 Å². The summed E-state index contributed by atoms with van der Waals surface area (Å²) < 4.78 is 0. The lowest BCUT2D eigenvalue weighted by Crippen LogP contribution is -2.41. The second-order valence-electron chi connectivity index (χ2n) is 6.83. The summed E-state index contributed by atoms with van der Waals surface area (Å²) >= 11 is 0. The highest BCUT2D eigenvalue weighted by atomic mass is 127. The fourth-order valence-electron chi connectivity index (χ4n) is 3.15. The van der Waals surface area contributed by atoms with Gasteiger partial charge in [-0.05, 0) is 57.7 Å². The lowest BCUT2D eigenvalue weighted by Gasteiger charge is -2.29. The van der Waals surface area contributed by atoms with Crippen molar-refractivity contribution in [2.24, 2.45) is 16.8 Å². The SMILES string of the molecule is CCCCC(CC)CNC(=NC)NCCC1CCN(C)CC1.I. The number of aliphatic imine (C=N–C) groups is 1. The fourth-order valence-corrected chi connectivity index (χ4v) is 3.15. The van der Waals surface area contributed by atoms with Crippen molar-refractivity contribution in [1.82, 2.24) is 15.5 Å². The molecule has 0 aromatic heterocycles. The van der Waals surface area contributed by atoms with Gasteiger partial charge in [0, 0.05) is 20.1 Å². The Morgan fingerprint density at radius 2 is 1.91 bits per heavy atom. The lowest BCUT2D eigenvalue weighted by molar-refractivity contribution is 0.213. The smallest absolute Gasteiger partial charge is 0.190 e. The standard InChI is InChI=1S/C18H38N4.HI/c1-5-7-8-16(6-2)15-21-18(19-3)20-12-9-17-10-13-22(4)14-11-17;/h16-17H,5-15H2,1-4H3,(H2,19,20,21);1H. The fraction of sp³-hybridized carbons (Fsp3) is 0.944. The molecule has 0 aromatic rings. The molecular formula is C18H39IN4. The van der Waals surface area contributed by atoms with E-state index >= 15 is 0 Å². The van der Waals surface area contributed by atoms with Crippen LogP contribution in [0.4, 0.5) is 0 Å². The van der Waals surface area contributed by atoms with Crippen LogP contribution in [-0.2, 0) is 0 Å². The Morgan fingerprint density at radius 3 is 2.48 bits per heavy atom. The molecule has 1 fully saturated rings. The normalized spacial score (nSPS) is 18.3. The number of guanidine groups is 1. The maximum atomic E-state index is 4.36. The monoisotopic (exact) mass is 438 g/mol. The molecule has 138 valence electrons. The molecule has 1 atom stereocenters. The van der Waals surface area contributed by atoms with Gasteiger partial charge in [-0.25, -0.2) is 0 Å². The largest absolute Gasteiger partial charge is 0.356 e. The quantitative estimate of drug-likeness (QED) is 0.328. The second kappa shape index (κ2) is 14.3. The Bertz CT molecular complexity index is 301. The van der Waals surface area contributed by atoms with Crippen LogP contribution in [0.3, 0.4) is 0 Å². The Hall–Kier alpha value is -0.0400. The highest BCUT2D eigenvalue weighted by Crippen LogP contribution is 2.18. The third-order valence-electron chi connectivity index (χ3n) is 5.01. The van der Waals surface area contributed by atoms with Gasteiger partial charge in [-0.3, -0.25) is 4.99 Å². The van der Waals surface area contributed by atoms with Crippen molar-refractivity contribution in [3.05, 3.63) is 0 Å². The summed E-state index contributed by atoms with van der Waals surface area (Å²) in [6, 6.07) is 0. The van der Waals surface area contributed by atoms with Crippen LogP contribution in [0.2, 0.25) is 0 Å². The van der Waals surface area contributed by atoms with Gasteiger partial charge in [0.1, 0.15) is 0 Å². The Morgan fingerprint density at radius 1 is 1.22 bits per heavy atom. The second-order valence-corrected chi connectivity index (χ2v) is 6.83. The molecule has 5 heteroatoms. The predicted octanol–water partition coefficient (Wildman–Crippen LogP) is 3.72. The van der Waals surface area contributed by atoms with E-state index in [1.165, 1.54) is 58.0 Å². The van der Waals surface area contributed by atoms with E-state index < -0.39 is 0 Å². The molecule has 1 unspecified atom stereocenters. The predicted molar refractivity (Wildman–Crippen MR) is 113 cm³/mol. The molecule has 4 nitrogen and oxygen atoms in total. The molecule has 23 heavy (non-hydrogen) atoms. The number of likely N-dealkylation sites (tertiary alicyclic amines) is 1. The van der Waals surface area contributed by atoms with Gasteiger partial charge >= 0.3 is 0 Å². The zero-order chi connectivity index (χ0) is 16.2. The molecule has 0 bridgehead atoms. The number of halogens is 1. The minimum absolute atomic E-state index is 0. The number of hydrogen-bond acceptors (Lipinski definition) is 2. The van der Waals surface area contributed by atoms with Crippen molar-refractivity contribution in [1.29, 1.82) is 0 Å². The van der Waals surface area contributed by atoms with Crippen LogP contribution in [0, 0.1) is 11.8 Å². The van der Waals surface area contributed by atoms with Crippen LogP contribution < -0.4 is 10.6 Å². The van der Waals surface area contributed by atoms with Crippen LogP contribution in [0.25, 0.3) is 0 Å². The van der Waals surface area contributed by atoms with Crippen LogP contribution >= 0.6 is 24.0 Å². The molecule has 1 heterocycles. The van der Waals surface area contributed by atoms with Crippen LogP contribution in [0.5, 0.6) is 0 Å². The minimum atomic E-state index is 0. The molecule has 0 saturated carbocycles. The average molecular weight is 438 g/mol. The number of nitrogens with zero attached hydrogens (tertiary/aromatic N) is 2. The highest BCUT2D eigenvalue weighted by Gasteiger charge is 2.16. The van der Waals surface area contributed by atoms with E-state index in [0.29, 0.717) is 0 Å². The van der Waals surface area contributed by atoms with Gasteiger partial charge < -0.3 is 15.5 Å². The number of unbranched alkanes of at least 4 members (excludes halogenated alkanes) is 1. The van der Waals surface area contributed by atoms with Gasteiger partial charge in [-0.1, -0.05) is 33.1 Å². The summed E-state index contributed by atoms with van der Waals surface area (Å²) in [5, 5.41) is 6.99. The zero-order valence-electron chi connectivity index (χ0n) is 15.7. The van der Waals surface area contributed by atoms with Crippen molar-refractivity contribution >= 4 is 29.9 Å². The topological polar surface area (TPSA) is 39.7 Å². The third-order valence-corrected chi connectivity index (χ3v) is 5.01. The van der Waals surface area contributed by atoms with Gasteiger partial charge in [0.2, 0.25) is 0 Å². The Labute approximate surface area is 161 Å². The van der Waals surface area contributed by atoms with Crippen molar-refractivity contribution in [2.75, 3.05) is 40.3 Å². The average Bonchev–Trinajstić information content (AvgIpc) is 2.55. The van der Waals surface area contributed by atoms with E-state index in [9.17, 15) is 0 Å². The number of rotatable bonds is 9. The van der Waals surface area contributed by atoms with E-state index in [4.69, 9.17) is 0 Å². The van der Waals surface area contributed by atoms with Crippen molar-refractivity contribution in [3.63, 3.8) is 0 Å². The Balaban J connectivity index is 0.00000484. The number of nitrogens with one attached hydrogen (secondary N) is 2. The summed E-state index contributed by atoms with van der Waals surface area (Å²) in [5.41, 5.74) is 0. The molecule has 1 aliphatic heterocycles. The lowest BCUT2D eigenvalue weighted by atomic mass is 9.94. The van der Waals surface area contributed by atoms with E-state index in [1.807, 2.05) is 7.05 Å².